The second kappa shape index (κ2) is 8.11. The van der Waals surface area contributed by atoms with Crippen LogP contribution in [0.1, 0.15) is 17.3 Å². The summed E-state index contributed by atoms with van der Waals surface area (Å²) in [6, 6.07) is 14.7. The first-order chi connectivity index (χ1) is 12.7. The summed E-state index contributed by atoms with van der Waals surface area (Å²) >= 11 is 0. The highest BCUT2D eigenvalue weighted by Crippen LogP contribution is 2.28. The number of benzene rings is 2. The van der Waals surface area contributed by atoms with Crippen molar-refractivity contribution in [2.75, 3.05) is 19.0 Å². The van der Waals surface area contributed by atoms with Crippen molar-refractivity contribution in [1.82, 2.24) is 9.97 Å². The molecule has 0 spiro atoms. The summed E-state index contributed by atoms with van der Waals surface area (Å²) in [7, 11) is 1.56. The smallest absolute Gasteiger partial charge is 0.255 e. The molecule has 0 radical (unpaired) electrons. The van der Waals surface area contributed by atoms with Gasteiger partial charge < -0.3 is 14.8 Å². The summed E-state index contributed by atoms with van der Waals surface area (Å²) in [5.41, 5.74) is 1.90. The van der Waals surface area contributed by atoms with Gasteiger partial charge >= 0.3 is 0 Å². The molecule has 1 amide bonds. The first kappa shape index (κ1) is 17.4. The fraction of sp³-hybridized carbons (Fsp3) is 0.150. The van der Waals surface area contributed by atoms with Gasteiger partial charge in [0.2, 0.25) is 0 Å². The van der Waals surface area contributed by atoms with Crippen LogP contribution in [-0.4, -0.2) is 29.6 Å². The van der Waals surface area contributed by atoms with E-state index >= 15 is 0 Å². The third-order valence-corrected chi connectivity index (χ3v) is 3.67. The number of hydrogen-bond donors (Lipinski definition) is 1. The second-order valence-corrected chi connectivity index (χ2v) is 5.41. The molecule has 0 bridgehead atoms. The van der Waals surface area contributed by atoms with Gasteiger partial charge in [-0.1, -0.05) is 30.3 Å². The molecule has 0 saturated heterocycles. The fourth-order valence-electron chi connectivity index (χ4n) is 2.42. The Morgan fingerprint density at radius 3 is 2.42 bits per heavy atom. The summed E-state index contributed by atoms with van der Waals surface area (Å²) in [5.74, 6) is 1.44. The Morgan fingerprint density at radius 2 is 1.77 bits per heavy atom. The Balaban J connectivity index is 1.74. The number of carbonyl (C=O) groups excluding carboxylic acids is 1. The minimum atomic E-state index is -0.273. The number of nitrogens with zero attached hydrogens (tertiary/aromatic N) is 2. The number of anilines is 1. The molecule has 0 atom stereocenters. The van der Waals surface area contributed by atoms with E-state index in [0.717, 1.165) is 5.56 Å². The first-order valence-electron chi connectivity index (χ1n) is 8.21. The van der Waals surface area contributed by atoms with Crippen molar-refractivity contribution in [3.63, 3.8) is 0 Å². The maximum Gasteiger partial charge on any atom is 0.255 e. The van der Waals surface area contributed by atoms with Gasteiger partial charge in [0.05, 0.1) is 31.8 Å². The maximum atomic E-state index is 12.5. The second-order valence-electron chi connectivity index (χ2n) is 5.41. The normalized spacial score (nSPS) is 10.2. The van der Waals surface area contributed by atoms with Gasteiger partial charge in [-0.05, 0) is 25.1 Å². The van der Waals surface area contributed by atoms with Crippen molar-refractivity contribution in [3.8, 4) is 22.9 Å². The predicted molar refractivity (Wildman–Crippen MR) is 99.6 cm³/mol. The molecule has 1 N–H and O–H groups in total. The zero-order valence-electron chi connectivity index (χ0n) is 14.6. The molecular weight excluding hydrogens is 330 g/mol. The number of amides is 1. The van der Waals surface area contributed by atoms with Crippen molar-refractivity contribution in [2.24, 2.45) is 0 Å². The Hall–Kier alpha value is -3.41. The monoisotopic (exact) mass is 349 g/mol. The Morgan fingerprint density at radius 1 is 1.04 bits per heavy atom. The zero-order chi connectivity index (χ0) is 18.4. The van der Waals surface area contributed by atoms with Gasteiger partial charge in [0, 0.05) is 11.1 Å². The predicted octanol–water partition coefficient (Wildman–Crippen LogP) is 3.80. The summed E-state index contributed by atoms with van der Waals surface area (Å²) < 4.78 is 10.7. The number of carbonyl (C=O) groups is 1. The summed E-state index contributed by atoms with van der Waals surface area (Å²) in [6.45, 7) is 2.36. The highest BCUT2D eigenvalue weighted by molar-refractivity contribution is 6.04. The molecule has 1 heterocycles. The summed E-state index contributed by atoms with van der Waals surface area (Å²) in [5, 5.41) is 2.78. The molecule has 0 saturated carbocycles. The Labute approximate surface area is 151 Å². The van der Waals surface area contributed by atoms with E-state index in [1.807, 2.05) is 37.3 Å². The summed E-state index contributed by atoms with van der Waals surface area (Å²) in [6.07, 6.45) is 3.17. The summed E-state index contributed by atoms with van der Waals surface area (Å²) in [4.78, 5) is 21.1. The van der Waals surface area contributed by atoms with Crippen molar-refractivity contribution in [3.05, 3.63) is 66.5 Å². The SMILES string of the molecule is CCOc1cc(C(=O)Nc2cnc(-c3ccccc3)nc2)ccc1OC. The van der Waals surface area contributed by atoms with Gasteiger partial charge in [-0.15, -0.1) is 0 Å². The topological polar surface area (TPSA) is 73.3 Å². The molecule has 6 nitrogen and oxygen atoms in total. The quantitative estimate of drug-likeness (QED) is 0.733. The number of rotatable bonds is 6. The maximum absolute atomic E-state index is 12.5. The van der Waals surface area contributed by atoms with Gasteiger partial charge in [0.15, 0.2) is 17.3 Å². The van der Waals surface area contributed by atoms with Gasteiger partial charge in [-0.2, -0.15) is 0 Å². The zero-order valence-corrected chi connectivity index (χ0v) is 14.6. The number of nitrogens with one attached hydrogen (secondary N) is 1. The van der Waals surface area contributed by atoms with Crippen LogP contribution in [0.4, 0.5) is 5.69 Å². The van der Waals surface area contributed by atoms with Gasteiger partial charge in [-0.25, -0.2) is 9.97 Å². The number of methoxy groups -OCH3 is 1. The Bertz CT molecular complexity index is 881. The molecule has 0 fully saturated rings. The van der Waals surface area contributed by atoms with E-state index in [0.29, 0.717) is 35.2 Å². The average Bonchev–Trinajstić information content (AvgIpc) is 2.69. The lowest BCUT2D eigenvalue weighted by atomic mass is 10.2. The molecule has 132 valence electrons. The van der Waals surface area contributed by atoms with E-state index in [4.69, 9.17) is 9.47 Å². The molecule has 0 aliphatic carbocycles. The van der Waals surface area contributed by atoms with E-state index in [2.05, 4.69) is 15.3 Å². The standard InChI is InChI=1S/C20H19N3O3/c1-3-26-18-11-15(9-10-17(18)25-2)20(24)23-16-12-21-19(22-13-16)14-7-5-4-6-8-14/h4-13H,3H2,1-2H3,(H,23,24). The number of ether oxygens (including phenoxy) is 2. The fourth-order valence-corrected chi connectivity index (χ4v) is 2.42. The highest BCUT2D eigenvalue weighted by Gasteiger charge is 2.12. The average molecular weight is 349 g/mol. The van der Waals surface area contributed by atoms with Gasteiger partial charge in [0.1, 0.15) is 0 Å². The van der Waals surface area contributed by atoms with Crippen LogP contribution in [0.25, 0.3) is 11.4 Å². The molecule has 0 aliphatic rings. The van der Waals surface area contributed by atoms with Crippen LogP contribution in [0.15, 0.2) is 60.9 Å². The minimum absolute atomic E-state index is 0.273. The molecule has 1 aromatic heterocycles. The minimum Gasteiger partial charge on any atom is -0.493 e. The number of aromatic nitrogens is 2. The molecule has 0 unspecified atom stereocenters. The van der Waals surface area contributed by atoms with Crippen LogP contribution in [0, 0.1) is 0 Å². The van der Waals surface area contributed by atoms with Crippen LogP contribution in [0.2, 0.25) is 0 Å². The van der Waals surface area contributed by atoms with Crippen LogP contribution in [-0.2, 0) is 0 Å². The lowest BCUT2D eigenvalue weighted by molar-refractivity contribution is 0.102. The molecule has 26 heavy (non-hydrogen) atoms. The van der Waals surface area contributed by atoms with Crippen LogP contribution < -0.4 is 14.8 Å². The number of hydrogen-bond acceptors (Lipinski definition) is 5. The van der Waals surface area contributed by atoms with Gasteiger partial charge in [0.25, 0.3) is 5.91 Å². The van der Waals surface area contributed by atoms with E-state index in [1.165, 1.54) is 0 Å². The van der Waals surface area contributed by atoms with Crippen LogP contribution in [0.5, 0.6) is 11.5 Å². The van der Waals surface area contributed by atoms with E-state index in [1.54, 1.807) is 37.7 Å². The molecular formula is C20H19N3O3. The highest BCUT2D eigenvalue weighted by atomic mass is 16.5. The molecule has 3 rings (SSSR count). The molecule has 0 aliphatic heterocycles. The van der Waals surface area contributed by atoms with Crippen molar-refractivity contribution in [1.29, 1.82) is 0 Å². The molecule has 2 aromatic carbocycles. The lowest BCUT2D eigenvalue weighted by Gasteiger charge is -2.11. The molecule has 3 aromatic rings. The van der Waals surface area contributed by atoms with Crippen molar-refractivity contribution in [2.45, 2.75) is 6.92 Å². The van der Waals surface area contributed by atoms with Crippen LogP contribution >= 0.6 is 0 Å². The first-order valence-corrected chi connectivity index (χ1v) is 8.21. The van der Waals surface area contributed by atoms with E-state index < -0.39 is 0 Å². The Kier molecular flexibility index (Phi) is 5.43. The molecule has 6 heteroatoms. The lowest BCUT2D eigenvalue weighted by Crippen LogP contribution is -2.13. The van der Waals surface area contributed by atoms with Crippen molar-refractivity contribution >= 4 is 11.6 Å². The van der Waals surface area contributed by atoms with Gasteiger partial charge in [-0.3, -0.25) is 4.79 Å². The van der Waals surface area contributed by atoms with E-state index in [-0.39, 0.29) is 5.91 Å². The largest absolute Gasteiger partial charge is 0.493 e. The third kappa shape index (κ3) is 3.97. The van der Waals surface area contributed by atoms with Crippen LogP contribution in [0.3, 0.4) is 0 Å². The van der Waals surface area contributed by atoms with E-state index in [9.17, 15) is 4.79 Å². The van der Waals surface area contributed by atoms with Crippen molar-refractivity contribution < 1.29 is 14.3 Å². The third-order valence-electron chi connectivity index (χ3n) is 3.67.